The topological polar surface area (TPSA) is 106 Å². The highest BCUT2D eigenvalue weighted by Crippen LogP contribution is 2.29. The van der Waals surface area contributed by atoms with Crippen LogP contribution in [0.3, 0.4) is 0 Å². The van der Waals surface area contributed by atoms with Crippen molar-refractivity contribution in [2.24, 2.45) is 5.73 Å². The Hall–Kier alpha value is -2.46. The Morgan fingerprint density at radius 2 is 1.85 bits per heavy atom. The third-order valence-electron chi connectivity index (χ3n) is 3.79. The van der Waals surface area contributed by atoms with Gasteiger partial charge in [-0.3, -0.25) is 19.6 Å². The molecular formula is C16H21FN6O2S. The molecule has 3 amide bonds. The monoisotopic (exact) mass is 380 g/mol. The van der Waals surface area contributed by atoms with Gasteiger partial charge in [-0.05, 0) is 52.2 Å². The van der Waals surface area contributed by atoms with Crippen molar-refractivity contribution >= 4 is 23.7 Å². The van der Waals surface area contributed by atoms with Crippen LogP contribution in [0.1, 0.15) is 25.7 Å². The minimum atomic E-state index is -0.913. The number of hydrogen-bond donors (Lipinski definition) is 2. The highest BCUT2D eigenvalue weighted by atomic mass is 32.2. The molecule has 0 aliphatic carbocycles. The molecule has 0 saturated carbocycles. The van der Waals surface area contributed by atoms with Crippen molar-refractivity contribution in [2.45, 2.75) is 30.3 Å². The van der Waals surface area contributed by atoms with Gasteiger partial charge in [0.1, 0.15) is 5.82 Å². The van der Waals surface area contributed by atoms with Gasteiger partial charge in [0.15, 0.2) is 11.0 Å². The first-order valence-corrected chi connectivity index (χ1v) is 8.73. The van der Waals surface area contributed by atoms with Gasteiger partial charge in [-0.15, -0.1) is 10.2 Å². The van der Waals surface area contributed by atoms with E-state index in [1.807, 2.05) is 31.2 Å². The molecule has 0 unspecified atom stereocenters. The number of carbonyl (C=O) groups excluding carboxylic acids is 2. The Bertz CT molecular complexity index is 793. The van der Waals surface area contributed by atoms with Crippen molar-refractivity contribution in [3.63, 3.8) is 0 Å². The zero-order valence-electron chi connectivity index (χ0n) is 14.9. The molecule has 8 nitrogen and oxygen atoms in total. The van der Waals surface area contributed by atoms with E-state index in [1.54, 1.807) is 23.6 Å². The van der Waals surface area contributed by atoms with Crippen LogP contribution >= 0.6 is 11.8 Å². The Morgan fingerprint density at radius 1 is 1.23 bits per heavy atom. The number of amides is 3. The minimum Gasteiger partial charge on any atom is -0.351 e. The summed E-state index contributed by atoms with van der Waals surface area (Å²) in [6.07, 6.45) is 0. The summed E-state index contributed by atoms with van der Waals surface area (Å²) in [6.45, 7) is 3.59. The average Bonchev–Trinajstić information content (AvgIpc) is 2.97. The molecule has 0 radical (unpaired) electrons. The number of primary amides is 1. The van der Waals surface area contributed by atoms with E-state index in [-0.39, 0.29) is 11.9 Å². The van der Waals surface area contributed by atoms with Crippen LogP contribution in [0.2, 0.25) is 0 Å². The number of halogens is 1. The molecule has 2 atom stereocenters. The summed E-state index contributed by atoms with van der Waals surface area (Å²) in [5.41, 5.74) is 5.65. The van der Waals surface area contributed by atoms with E-state index < -0.39 is 17.2 Å². The lowest BCUT2D eigenvalue weighted by Gasteiger charge is -2.20. The van der Waals surface area contributed by atoms with E-state index in [4.69, 9.17) is 5.73 Å². The number of urea groups is 1. The summed E-state index contributed by atoms with van der Waals surface area (Å²) in [5, 5.41) is 10.3. The second-order valence-electron chi connectivity index (χ2n) is 5.91. The third kappa shape index (κ3) is 4.58. The SMILES string of the molecule is C[C@@H](Sc1nnc([C@H](C)N(C)C)n1-c1ccc(F)cc1)C(=O)NC(N)=O. The molecule has 1 heterocycles. The van der Waals surface area contributed by atoms with Gasteiger partial charge in [0.25, 0.3) is 0 Å². The summed E-state index contributed by atoms with van der Waals surface area (Å²) in [4.78, 5) is 24.8. The van der Waals surface area contributed by atoms with Gasteiger partial charge in [0, 0.05) is 5.69 Å². The quantitative estimate of drug-likeness (QED) is 0.739. The van der Waals surface area contributed by atoms with E-state index in [9.17, 15) is 14.0 Å². The fourth-order valence-corrected chi connectivity index (χ4v) is 3.00. The van der Waals surface area contributed by atoms with Crippen LogP contribution in [0.15, 0.2) is 29.4 Å². The highest BCUT2D eigenvalue weighted by molar-refractivity contribution is 8.00. The van der Waals surface area contributed by atoms with E-state index in [1.165, 1.54) is 12.1 Å². The summed E-state index contributed by atoms with van der Waals surface area (Å²) in [5.74, 6) is -0.238. The largest absolute Gasteiger partial charge is 0.351 e. The van der Waals surface area contributed by atoms with Gasteiger partial charge in [0.05, 0.1) is 11.3 Å². The van der Waals surface area contributed by atoms with Crippen LogP contribution in [0.5, 0.6) is 0 Å². The first kappa shape index (κ1) is 19.9. The zero-order chi connectivity index (χ0) is 19.4. The Kier molecular flexibility index (Phi) is 6.32. The van der Waals surface area contributed by atoms with Gasteiger partial charge >= 0.3 is 6.03 Å². The third-order valence-corrected chi connectivity index (χ3v) is 4.83. The maximum Gasteiger partial charge on any atom is 0.318 e. The van der Waals surface area contributed by atoms with Gasteiger partial charge < -0.3 is 5.73 Å². The number of rotatable bonds is 6. The molecule has 0 spiro atoms. The van der Waals surface area contributed by atoms with E-state index >= 15 is 0 Å². The first-order valence-electron chi connectivity index (χ1n) is 7.85. The molecule has 0 saturated heterocycles. The number of benzene rings is 1. The zero-order valence-corrected chi connectivity index (χ0v) is 15.7. The molecule has 26 heavy (non-hydrogen) atoms. The molecular weight excluding hydrogens is 359 g/mol. The first-order chi connectivity index (χ1) is 12.2. The fourth-order valence-electron chi connectivity index (χ4n) is 2.13. The molecule has 1 aromatic carbocycles. The average molecular weight is 380 g/mol. The van der Waals surface area contributed by atoms with Gasteiger partial charge in [-0.25, -0.2) is 9.18 Å². The lowest BCUT2D eigenvalue weighted by molar-refractivity contribution is -0.119. The number of aromatic nitrogens is 3. The fraction of sp³-hybridized carbons (Fsp3) is 0.375. The van der Waals surface area contributed by atoms with Gasteiger partial charge in [0.2, 0.25) is 5.91 Å². The van der Waals surface area contributed by atoms with Crippen LogP contribution in [-0.4, -0.2) is 50.9 Å². The van der Waals surface area contributed by atoms with Gasteiger partial charge in [-0.2, -0.15) is 0 Å². The lowest BCUT2D eigenvalue weighted by Crippen LogP contribution is -2.39. The maximum atomic E-state index is 13.3. The maximum absolute atomic E-state index is 13.3. The molecule has 140 valence electrons. The van der Waals surface area contributed by atoms with Crippen molar-refractivity contribution in [1.82, 2.24) is 25.0 Å². The van der Waals surface area contributed by atoms with E-state index in [0.717, 1.165) is 11.8 Å². The van der Waals surface area contributed by atoms with Crippen molar-refractivity contribution in [1.29, 1.82) is 0 Å². The highest BCUT2D eigenvalue weighted by Gasteiger charge is 2.24. The second kappa shape index (κ2) is 8.28. The Morgan fingerprint density at radius 3 is 2.38 bits per heavy atom. The Balaban J connectivity index is 2.41. The number of nitrogens with zero attached hydrogens (tertiary/aromatic N) is 4. The predicted molar refractivity (Wildman–Crippen MR) is 96.5 cm³/mol. The van der Waals surface area contributed by atoms with Crippen molar-refractivity contribution in [3.05, 3.63) is 35.9 Å². The lowest BCUT2D eigenvalue weighted by atomic mass is 10.2. The van der Waals surface area contributed by atoms with Crippen molar-refractivity contribution in [3.8, 4) is 5.69 Å². The number of hydrogen-bond acceptors (Lipinski definition) is 6. The predicted octanol–water partition coefficient (Wildman–Crippen LogP) is 1.70. The molecule has 3 N–H and O–H groups in total. The smallest absolute Gasteiger partial charge is 0.318 e. The van der Waals surface area contributed by atoms with Gasteiger partial charge in [-0.1, -0.05) is 11.8 Å². The number of nitrogens with one attached hydrogen (secondary N) is 1. The van der Waals surface area contributed by atoms with Crippen LogP contribution in [0, 0.1) is 5.82 Å². The molecule has 0 aliphatic heterocycles. The molecule has 0 aliphatic rings. The normalized spacial score (nSPS) is 13.5. The standard InChI is InChI=1S/C16H21FN6O2S/c1-9(22(3)4)13-20-21-16(26-10(2)14(24)19-15(18)25)23(13)12-7-5-11(17)6-8-12/h5-10H,1-4H3,(H3,18,19,24,25)/t9-,10+/m0/s1. The number of imide groups is 1. The summed E-state index contributed by atoms with van der Waals surface area (Å²) < 4.78 is 15.1. The summed E-state index contributed by atoms with van der Waals surface area (Å²) in [7, 11) is 3.81. The molecule has 0 bridgehead atoms. The van der Waals surface area contributed by atoms with Crippen LogP contribution in [-0.2, 0) is 4.79 Å². The van der Waals surface area contributed by atoms with Crippen molar-refractivity contribution < 1.29 is 14.0 Å². The van der Waals surface area contributed by atoms with E-state index in [2.05, 4.69) is 10.2 Å². The minimum absolute atomic E-state index is 0.0725. The van der Waals surface area contributed by atoms with Crippen molar-refractivity contribution in [2.75, 3.05) is 14.1 Å². The second-order valence-corrected chi connectivity index (χ2v) is 7.21. The molecule has 2 rings (SSSR count). The molecule has 2 aromatic rings. The van der Waals surface area contributed by atoms with Crippen LogP contribution in [0.4, 0.5) is 9.18 Å². The van der Waals surface area contributed by atoms with E-state index in [0.29, 0.717) is 16.7 Å². The molecule has 10 heteroatoms. The number of nitrogens with two attached hydrogens (primary N) is 1. The molecule has 1 aromatic heterocycles. The summed E-state index contributed by atoms with van der Waals surface area (Å²) >= 11 is 1.13. The Labute approximate surface area is 154 Å². The van der Waals surface area contributed by atoms with Crippen LogP contribution in [0.25, 0.3) is 5.69 Å². The summed E-state index contributed by atoms with van der Waals surface area (Å²) in [6, 6.07) is 4.93. The molecule has 0 fully saturated rings. The number of thioether (sulfide) groups is 1. The van der Waals surface area contributed by atoms with Crippen LogP contribution < -0.4 is 11.1 Å². The number of carbonyl (C=O) groups is 2.